The molecule has 0 heterocycles. The van der Waals surface area contributed by atoms with Crippen molar-refractivity contribution in [2.24, 2.45) is 0 Å². The van der Waals surface area contributed by atoms with E-state index in [-0.39, 0.29) is 6.54 Å². The van der Waals surface area contributed by atoms with Gasteiger partial charge in [-0.25, -0.2) is 4.39 Å². The summed E-state index contributed by atoms with van der Waals surface area (Å²) in [6.07, 6.45) is 1.90. The molecule has 2 aromatic rings. The van der Waals surface area contributed by atoms with E-state index in [1.807, 2.05) is 24.5 Å². The second-order valence-corrected chi connectivity index (χ2v) is 5.11. The smallest absolute Gasteiger partial charge is 0.129 e. The van der Waals surface area contributed by atoms with E-state index in [9.17, 15) is 9.65 Å². The van der Waals surface area contributed by atoms with E-state index in [1.165, 1.54) is 17.8 Å². The third-order valence-corrected chi connectivity index (χ3v) is 3.79. The van der Waals surface area contributed by atoms with Crippen molar-refractivity contribution in [2.45, 2.75) is 11.4 Å². The fraction of sp³-hybridized carbons (Fsp3) is 0.125. The van der Waals surface area contributed by atoms with Gasteiger partial charge in [-0.15, -0.1) is 11.8 Å². The van der Waals surface area contributed by atoms with Gasteiger partial charge in [-0.3, -0.25) is 0 Å². The average molecular weight is 297 g/mol. The summed E-state index contributed by atoms with van der Waals surface area (Å²) in [6, 6.07) is 13.9. The average Bonchev–Trinajstić information content (AvgIpc) is 2.52. The van der Waals surface area contributed by atoms with E-state index < -0.39 is 5.82 Å². The van der Waals surface area contributed by atoms with Crippen LogP contribution in [0.25, 0.3) is 0 Å². The van der Waals surface area contributed by atoms with Gasteiger partial charge >= 0.3 is 0 Å². The van der Waals surface area contributed by atoms with Crippen LogP contribution in [0.1, 0.15) is 16.7 Å². The highest BCUT2D eigenvalue weighted by Gasteiger charge is 2.08. The van der Waals surface area contributed by atoms with Gasteiger partial charge in [0.05, 0.1) is 22.9 Å². The second-order valence-electron chi connectivity index (χ2n) is 4.27. The van der Waals surface area contributed by atoms with Crippen LogP contribution >= 0.6 is 11.8 Å². The highest BCUT2D eigenvalue weighted by molar-refractivity contribution is 7.98. The van der Waals surface area contributed by atoms with Crippen LogP contribution in [0.15, 0.2) is 41.3 Å². The van der Waals surface area contributed by atoms with Crippen LogP contribution in [0.2, 0.25) is 0 Å². The van der Waals surface area contributed by atoms with Gasteiger partial charge in [0.25, 0.3) is 0 Å². The molecule has 0 unspecified atom stereocenters. The molecule has 0 atom stereocenters. The molecule has 21 heavy (non-hydrogen) atoms. The van der Waals surface area contributed by atoms with Crippen LogP contribution in [0.3, 0.4) is 0 Å². The Hall–Kier alpha value is -2.50. The molecule has 2 rings (SSSR count). The molecule has 3 nitrogen and oxygen atoms in total. The Kier molecular flexibility index (Phi) is 4.81. The van der Waals surface area contributed by atoms with Crippen molar-refractivity contribution in [1.29, 1.82) is 10.5 Å². The first-order valence-corrected chi connectivity index (χ1v) is 7.41. The molecule has 5 heteroatoms. The minimum absolute atomic E-state index is 0.254. The number of rotatable bonds is 4. The third-order valence-electron chi connectivity index (χ3n) is 3.01. The largest absolute Gasteiger partial charge is 0.380 e. The molecule has 0 saturated heterocycles. The number of halogens is 1. The van der Waals surface area contributed by atoms with E-state index in [1.54, 1.807) is 18.2 Å². The van der Waals surface area contributed by atoms with Crippen LogP contribution < -0.4 is 5.32 Å². The summed E-state index contributed by atoms with van der Waals surface area (Å²) < 4.78 is 13.8. The molecule has 1 N–H and O–H groups in total. The lowest BCUT2D eigenvalue weighted by Gasteiger charge is -2.11. The predicted octanol–water partition coefficient (Wildman–Crippen LogP) is 3.90. The lowest BCUT2D eigenvalue weighted by molar-refractivity contribution is 0.612. The molecule has 0 aliphatic heterocycles. The van der Waals surface area contributed by atoms with Gasteiger partial charge in [-0.2, -0.15) is 10.5 Å². The maximum absolute atomic E-state index is 13.8. The SMILES string of the molecule is CSc1cccc(NCc2ccc(C#N)cc2F)c1C#N. The second kappa shape index (κ2) is 6.78. The first-order valence-electron chi connectivity index (χ1n) is 6.19. The van der Waals surface area contributed by atoms with Crippen LogP contribution in [0.4, 0.5) is 10.1 Å². The molecule has 0 aromatic heterocycles. The standard InChI is InChI=1S/C16H12FN3S/c1-21-16-4-2-3-15(13(16)9-19)20-10-12-6-5-11(8-18)7-14(12)17/h2-7,20H,10H2,1H3. The Morgan fingerprint density at radius 2 is 2.00 bits per heavy atom. The number of anilines is 1. The lowest BCUT2D eigenvalue weighted by Crippen LogP contribution is -2.04. The molecule has 0 bridgehead atoms. The van der Waals surface area contributed by atoms with Gasteiger partial charge in [0.2, 0.25) is 0 Å². The van der Waals surface area contributed by atoms with Crippen molar-refractivity contribution in [3.63, 3.8) is 0 Å². The van der Waals surface area contributed by atoms with E-state index in [0.717, 1.165) is 4.90 Å². The topological polar surface area (TPSA) is 59.6 Å². The highest BCUT2D eigenvalue weighted by atomic mass is 32.2. The Labute approximate surface area is 127 Å². The van der Waals surface area contributed by atoms with Crippen LogP contribution in [-0.4, -0.2) is 6.26 Å². The highest BCUT2D eigenvalue weighted by Crippen LogP contribution is 2.26. The van der Waals surface area contributed by atoms with Crippen molar-refractivity contribution in [3.05, 3.63) is 58.9 Å². The number of hydrogen-bond donors (Lipinski definition) is 1. The van der Waals surface area contributed by atoms with Gasteiger partial charge in [0.15, 0.2) is 0 Å². The van der Waals surface area contributed by atoms with E-state index in [0.29, 0.717) is 22.4 Å². The molecule has 0 amide bonds. The fourth-order valence-electron chi connectivity index (χ4n) is 1.91. The van der Waals surface area contributed by atoms with Gasteiger partial charge < -0.3 is 5.32 Å². The number of benzene rings is 2. The Morgan fingerprint density at radius 1 is 1.19 bits per heavy atom. The number of nitrogens with zero attached hydrogens (tertiary/aromatic N) is 2. The van der Waals surface area contributed by atoms with Crippen LogP contribution in [-0.2, 0) is 6.54 Å². The molecule has 0 saturated carbocycles. The summed E-state index contributed by atoms with van der Waals surface area (Å²) >= 11 is 1.49. The zero-order valence-corrected chi connectivity index (χ0v) is 12.2. The summed E-state index contributed by atoms with van der Waals surface area (Å²) in [4.78, 5) is 0.878. The quantitative estimate of drug-likeness (QED) is 0.869. The molecule has 2 aromatic carbocycles. The molecule has 0 spiro atoms. The fourth-order valence-corrected chi connectivity index (χ4v) is 2.49. The molecule has 104 valence electrons. The summed E-state index contributed by atoms with van der Waals surface area (Å²) in [6.45, 7) is 0.254. The number of hydrogen-bond acceptors (Lipinski definition) is 4. The maximum Gasteiger partial charge on any atom is 0.129 e. The van der Waals surface area contributed by atoms with Crippen molar-refractivity contribution in [3.8, 4) is 12.1 Å². The van der Waals surface area contributed by atoms with Crippen molar-refractivity contribution in [2.75, 3.05) is 11.6 Å². The monoisotopic (exact) mass is 297 g/mol. The first-order chi connectivity index (χ1) is 10.2. The summed E-state index contributed by atoms with van der Waals surface area (Å²) in [5.74, 6) is -0.430. The minimum atomic E-state index is -0.430. The maximum atomic E-state index is 13.8. The molecule has 0 aliphatic rings. The first kappa shape index (κ1) is 14.9. The Bertz CT molecular complexity index is 744. The van der Waals surface area contributed by atoms with E-state index >= 15 is 0 Å². The lowest BCUT2D eigenvalue weighted by atomic mass is 10.1. The summed E-state index contributed by atoms with van der Waals surface area (Å²) in [7, 11) is 0. The van der Waals surface area contributed by atoms with Crippen molar-refractivity contribution >= 4 is 17.4 Å². The van der Waals surface area contributed by atoms with Gasteiger partial charge in [-0.1, -0.05) is 12.1 Å². The molecular weight excluding hydrogens is 285 g/mol. The summed E-state index contributed by atoms with van der Waals surface area (Å²) in [5.41, 5.74) is 1.97. The van der Waals surface area contributed by atoms with Crippen molar-refractivity contribution in [1.82, 2.24) is 0 Å². The van der Waals surface area contributed by atoms with Crippen LogP contribution in [0.5, 0.6) is 0 Å². The molecular formula is C16H12FN3S. The molecule has 0 fully saturated rings. The van der Waals surface area contributed by atoms with Gasteiger partial charge in [0.1, 0.15) is 11.9 Å². The predicted molar refractivity (Wildman–Crippen MR) is 81.4 cm³/mol. The molecule has 0 radical (unpaired) electrons. The minimum Gasteiger partial charge on any atom is -0.380 e. The number of nitriles is 2. The number of nitrogens with one attached hydrogen (secondary N) is 1. The van der Waals surface area contributed by atoms with Gasteiger partial charge in [0, 0.05) is 17.0 Å². The van der Waals surface area contributed by atoms with Gasteiger partial charge in [-0.05, 0) is 30.5 Å². The number of thioether (sulfide) groups is 1. The van der Waals surface area contributed by atoms with Crippen molar-refractivity contribution < 1.29 is 4.39 Å². The molecule has 0 aliphatic carbocycles. The normalized spacial score (nSPS) is 9.71. The zero-order valence-electron chi connectivity index (χ0n) is 11.4. The van der Waals surface area contributed by atoms with E-state index in [2.05, 4.69) is 11.4 Å². The Morgan fingerprint density at radius 3 is 2.62 bits per heavy atom. The zero-order chi connectivity index (χ0) is 15.2. The van der Waals surface area contributed by atoms with E-state index in [4.69, 9.17) is 5.26 Å². The van der Waals surface area contributed by atoms with Crippen LogP contribution in [0, 0.1) is 28.5 Å². The third kappa shape index (κ3) is 3.34. The summed E-state index contributed by atoms with van der Waals surface area (Å²) in [5, 5.41) is 21.0. The Balaban J connectivity index is 2.21.